The molecule has 0 amide bonds. The molecule has 1 spiro atoms. The molecule has 0 unspecified atom stereocenters. The average molecular weight is 356 g/mol. The fourth-order valence-electron chi connectivity index (χ4n) is 3.34. The van der Waals surface area contributed by atoms with Gasteiger partial charge in [0.1, 0.15) is 11.0 Å². The third-order valence-corrected chi connectivity index (χ3v) is 7.34. The van der Waals surface area contributed by atoms with Gasteiger partial charge in [-0.1, -0.05) is 25.1 Å². The summed E-state index contributed by atoms with van der Waals surface area (Å²) in [5, 5.41) is 9.48. The number of hydrogen-bond donors (Lipinski definition) is 0. The predicted octanol–water partition coefficient (Wildman–Crippen LogP) is 2.66. The lowest BCUT2D eigenvalue weighted by Gasteiger charge is -2.37. The van der Waals surface area contributed by atoms with E-state index in [1.54, 1.807) is 12.1 Å². The van der Waals surface area contributed by atoms with Gasteiger partial charge in [0.2, 0.25) is 0 Å². The van der Waals surface area contributed by atoms with Crippen LogP contribution in [0.2, 0.25) is 0 Å². The Kier molecular flexibility index (Phi) is 3.67. The zero-order valence-corrected chi connectivity index (χ0v) is 14.5. The second-order valence-electron chi connectivity index (χ2n) is 5.96. The van der Waals surface area contributed by atoms with Crippen LogP contribution in [0.3, 0.4) is 0 Å². The van der Waals surface area contributed by atoms with Gasteiger partial charge in [0.15, 0.2) is 0 Å². The maximum absolute atomic E-state index is 11.9. The predicted molar refractivity (Wildman–Crippen MR) is 92.0 cm³/mol. The molecular formula is C18H16N2O4S. The Morgan fingerprint density at radius 1 is 1.28 bits per heavy atom. The lowest BCUT2D eigenvalue weighted by molar-refractivity contribution is -0.150. The molecule has 0 bridgehead atoms. The normalized spacial score (nSPS) is 22.6. The maximum atomic E-state index is 11.9. The van der Waals surface area contributed by atoms with Gasteiger partial charge in [0, 0.05) is 18.7 Å². The van der Waals surface area contributed by atoms with Crippen molar-refractivity contribution < 1.29 is 18.0 Å². The van der Waals surface area contributed by atoms with Gasteiger partial charge in [0.25, 0.3) is 0 Å². The number of nitriles is 1. The monoisotopic (exact) mass is 356 g/mol. The number of allylic oxidation sites excluding steroid dienone is 1. The number of carbonyl (C=O) groups excluding carboxylic acids is 2. The number of fused-ring (bicyclic) bond motifs is 2. The quantitative estimate of drug-likeness (QED) is 0.758. The first-order valence-corrected chi connectivity index (χ1v) is 9.54. The van der Waals surface area contributed by atoms with Crippen molar-refractivity contribution in [2.45, 2.75) is 18.2 Å². The lowest BCUT2D eigenvalue weighted by Crippen LogP contribution is -2.29. The number of likely N-dealkylation sites (N-methyl/N-ethyl adjacent to an activating group) is 1. The summed E-state index contributed by atoms with van der Waals surface area (Å²) in [7, 11) is -2.74. The van der Waals surface area contributed by atoms with E-state index in [1.807, 2.05) is 12.1 Å². The van der Waals surface area contributed by atoms with Crippen molar-refractivity contribution in [2.75, 3.05) is 19.6 Å². The highest BCUT2D eigenvalue weighted by Crippen LogP contribution is 2.74. The Morgan fingerprint density at radius 3 is 2.64 bits per heavy atom. The third kappa shape index (κ3) is 2.29. The first kappa shape index (κ1) is 15.9. The van der Waals surface area contributed by atoms with E-state index in [-0.39, 0.29) is 0 Å². The van der Waals surface area contributed by atoms with Gasteiger partial charge in [-0.3, -0.25) is 4.90 Å². The third-order valence-electron chi connectivity index (χ3n) is 4.62. The fraction of sp³-hybridized carbons (Fsp3) is 0.278. The molecular weight excluding hydrogens is 340 g/mol. The van der Waals surface area contributed by atoms with Crippen molar-refractivity contribution in [1.29, 1.82) is 5.26 Å². The molecule has 1 aromatic carbocycles. The second kappa shape index (κ2) is 5.76. The summed E-state index contributed by atoms with van der Waals surface area (Å²) in [6.45, 7) is 4.75. The van der Waals surface area contributed by atoms with Crippen molar-refractivity contribution in [3.05, 3.63) is 45.9 Å². The summed E-state index contributed by atoms with van der Waals surface area (Å²) >= 11 is 0. The lowest BCUT2D eigenvalue weighted by atomic mass is 10.1. The Bertz CT molecular complexity index is 881. The van der Waals surface area contributed by atoms with E-state index in [0.717, 1.165) is 42.1 Å². The number of rotatable bonds is 2. The van der Waals surface area contributed by atoms with Gasteiger partial charge >= 0.3 is 11.9 Å². The molecule has 0 saturated carbocycles. The van der Waals surface area contributed by atoms with Crippen molar-refractivity contribution >= 4 is 28.6 Å². The summed E-state index contributed by atoms with van der Waals surface area (Å²) in [5.74, 6) is -1.99. The Hall–Kier alpha value is -2.56. The van der Waals surface area contributed by atoms with Gasteiger partial charge in [-0.15, -0.1) is 0 Å². The molecule has 0 aromatic heterocycles. The number of hydrogen-bond acceptors (Lipinski definition) is 6. The SMILES string of the molecule is CCN1CC=C(C2=Cc3cccc(C#N)c3S23OC(=O)C(=O)O3)CC1. The minimum absolute atomic E-state index is 0.368. The van der Waals surface area contributed by atoms with E-state index < -0.39 is 22.5 Å². The Morgan fingerprint density at radius 2 is 2.04 bits per heavy atom. The second-order valence-corrected chi connectivity index (χ2v) is 8.15. The van der Waals surface area contributed by atoms with Gasteiger partial charge < -0.3 is 8.37 Å². The molecule has 0 aliphatic carbocycles. The largest absolute Gasteiger partial charge is 0.442 e. The van der Waals surface area contributed by atoms with Crippen LogP contribution in [0, 0.1) is 11.3 Å². The first-order valence-electron chi connectivity index (χ1n) is 8.06. The number of carbonyl (C=O) groups is 2. The summed E-state index contributed by atoms with van der Waals surface area (Å²) in [5.41, 5.74) is 2.15. The van der Waals surface area contributed by atoms with E-state index in [1.165, 1.54) is 0 Å². The highest BCUT2D eigenvalue weighted by atomic mass is 32.3. The van der Waals surface area contributed by atoms with Crippen LogP contribution in [0.5, 0.6) is 0 Å². The highest BCUT2D eigenvalue weighted by Gasteiger charge is 2.51. The standard InChI is InChI=1S/C18H16N2O4S/c1-2-20-8-6-12(7-9-20)15-10-13-4-3-5-14(11-19)16(13)25(15)23-17(21)18(22)24-25/h3-6,10H,2,7-9H2,1H3. The van der Waals surface area contributed by atoms with E-state index >= 15 is 0 Å². The molecule has 25 heavy (non-hydrogen) atoms. The van der Waals surface area contributed by atoms with E-state index in [0.29, 0.717) is 10.5 Å². The Balaban J connectivity index is 1.85. The van der Waals surface area contributed by atoms with Crippen molar-refractivity contribution in [2.24, 2.45) is 0 Å². The average Bonchev–Trinajstić information content (AvgIpc) is 3.11. The first-order chi connectivity index (χ1) is 12.1. The zero-order valence-electron chi connectivity index (χ0n) is 13.7. The molecule has 3 heterocycles. The Labute approximate surface area is 147 Å². The zero-order chi connectivity index (χ0) is 17.6. The molecule has 6 nitrogen and oxygen atoms in total. The molecule has 0 N–H and O–H groups in total. The minimum atomic E-state index is -2.74. The van der Waals surface area contributed by atoms with Crippen LogP contribution >= 0.6 is 10.6 Å². The van der Waals surface area contributed by atoms with E-state index in [2.05, 4.69) is 24.0 Å². The number of nitrogens with zero attached hydrogens (tertiary/aromatic N) is 2. The van der Waals surface area contributed by atoms with Crippen molar-refractivity contribution in [3.8, 4) is 6.07 Å². The van der Waals surface area contributed by atoms with Gasteiger partial charge in [0.05, 0.1) is 10.5 Å². The van der Waals surface area contributed by atoms with Crippen LogP contribution in [-0.4, -0.2) is 36.5 Å². The topological polar surface area (TPSA) is 79.6 Å². The highest BCUT2D eigenvalue weighted by molar-refractivity contribution is 8.30. The molecule has 7 heteroatoms. The summed E-state index contributed by atoms with van der Waals surface area (Å²) < 4.78 is 11.0. The van der Waals surface area contributed by atoms with Crippen LogP contribution in [0.4, 0.5) is 0 Å². The molecule has 1 saturated heterocycles. The van der Waals surface area contributed by atoms with Gasteiger partial charge in [-0.05, 0) is 41.3 Å². The molecule has 128 valence electrons. The number of benzene rings is 1. The summed E-state index contributed by atoms with van der Waals surface area (Å²) in [6.07, 6.45) is 4.76. The molecule has 0 radical (unpaired) electrons. The smallest absolute Gasteiger partial charge is 0.325 e. The molecule has 1 fully saturated rings. The van der Waals surface area contributed by atoms with Crippen molar-refractivity contribution in [1.82, 2.24) is 4.90 Å². The van der Waals surface area contributed by atoms with Gasteiger partial charge in [-0.25, -0.2) is 9.59 Å². The fourth-order valence-corrected chi connectivity index (χ4v) is 6.16. The molecule has 3 aliphatic rings. The van der Waals surface area contributed by atoms with Crippen LogP contribution in [0.1, 0.15) is 24.5 Å². The molecule has 1 aromatic rings. The summed E-state index contributed by atoms with van der Waals surface area (Å²) in [4.78, 5) is 27.2. The molecule has 0 atom stereocenters. The molecule has 4 rings (SSSR count). The summed E-state index contributed by atoms with van der Waals surface area (Å²) in [6, 6.07) is 7.40. The van der Waals surface area contributed by atoms with Crippen LogP contribution in [-0.2, 0) is 18.0 Å². The van der Waals surface area contributed by atoms with Crippen molar-refractivity contribution in [3.63, 3.8) is 0 Å². The van der Waals surface area contributed by atoms with E-state index in [4.69, 9.17) is 8.37 Å². The van der Waals surface area contributed by atoms with Gasteiger partial charge in [-0.2, -0.15) is 5.26 Å². The van der Waals surface area contributed by atoms with E-state index in [9.17, 15) is 14.9 Å². The minimum Gasteiger partial charge on any atom is -0.325 e. The van der Waals surface area contributed by atoms with Crippen LogP contribution < -0.4 is 0 Å². The molecule has 3 aliphatic heterocycles. The van der Waals surface area contributed by atoms with Crippen LogP contribution in [0.25, 0.3) is 6.08 Å². The maximum Gasteiger partial charge on any atom is 0.442 e. The van der Waals surface area contributed by atoms with Crippen LogP contribution in [0.15, 0.2) is 39.6 Å².